The summed E-state index contributed by atoms with van der Waals surface area (Å²) in [5, 5.41) is 0. The molecule has 0 aromatic heterocycles. The molecular formula is C37H70. The van der Waals surface area contributed by atoms with E-state index in [9.17, 15) is 0 Å². The molecule has 2 aromatic rings. The first kappa shape index (κ1) is 42.5. The molecule has 0 radical (unpaired) electrons. The SMILES string of the molecule is CC.CC.CC.CC.CC.CC.CC.CCc1ccccc1C1C[C@H]2Cc3ccccc3[C@@]2(C)[C@@H](C)C1. The molecule has 0 spiro atoms. The molecule has 4 atom stereocenters. The summed E-state index contributed by atoms with van der Waals surface area (Å²) in [6.07, 6.45) is 5.12. The van der Waals surface area contributed by atoms with Crippen LogP contribution in [0.3, 0.4) is 0 Å². The molecule has 1 fully saturated rings. The van der Waals surface area contributed by atoms with Crippen LogP contribution < -0.4 is 0 Å². The minimum atomic E-state index is 0.383. The Hall–Kier alpha value is -1.56. The van der Waals surface area contributed by atoms with Gasteiger partial charge < -0.3 is 0 Å². The van der Waals surface area contributed by atoms with Gasteiger partial charge in [0.05, 0.1) is 0 Å². The van der Waals surface area contributed by atoms with Crippen LogP contribution in [0, 0.1) is 11.8 Å². The van der Waals surface area contributed by atoms with E-state index in [1.807, 2.05) is 96.9 Å². The van der Waals surface area contributed by atoms with Crippen molar-refractivity contribution >= 4 is 0 Å². The lowest BCUT2D eigenvalue weighted by atomic mass is 9.58. The second kappa shape index (κ2) is 27.5. The fourth-order valence-corrected chi connectivity index (χ4v) is 5.54. The number of aryl methyl sites for hydroxylation is 1. The van der Waals surface area contributed by atoms with Crippen molar-refractivity contribution in [3.63, 3.8) is 0 Å². The van der Waals surface area contributed by atoms with Crippen LogP contribution in [0.1, 0.15) is 159 Å². The number of hydrogen-bond donors (Lipinski definition) is 0. The highest BCUT2D eigenvalue weighted by atomic mass is 14.5. The van der Waals surface area contributed by atoms with Crippen LogP contribution in [-0.4, -0.2) is 0 Å². The summed E-state index contributed by atoms with van der Waals surface area (Å²) >= 11 is 0. The topological polar surface area (TPSA) is 0 Å². The molecule has 0 heterocycles. The van der Waals surface area contributed by atoms with E-state index < -0.39 is 0 Å². The molecule has 37 heavy (non-hydrogen) atoms. The lowest BCUT2D eigenvalue weighted by molar-refractivity contribution is 0.133. The van der Waals surface area contributed by atoms with Gasteiger partial charge >= 0.3 is 0 Å². The van der Waals surface area contributed by atoms with Crippen LogP contribution in [-0.2, 0) is 18.3 Å². The van der Waals surface area contributed by atoms with E-state index in [0.29, 0.717) is 5.41 Å². The average Bonchev–Trinajstić information content (AvgIpc) is 3.33. The van der Waals surface area contributed by atoms with Crippen LogP contribution in [0.2, 0.25) is 0 Å². The number of fused-ring (bicyclic) bond motifs is 3. The van der Waals surface area contributed by atoms with E-state index in [0.717, 1.165) is 24.2 Å². The van der Waals surface area contributed by atoms with Crippen LogP contribution >= 0.6 is 0 Å². The van der Waals surface area contributed by atoms with E-state index in [-0.39, 0.29) is 0 Å². The molecule has 2 aromatic carbocycles. The minimum absolute atomic E-state index is 0.383. The van der Waals surface area contributed by atoms with Gasteiger partial charge in [-0.3, -0.25) is 0 Å². The molecule has 0 saturated heterocycles. The molecule has 0 bridgehead atoms. The molecule has 0 heteroatoms. The maximum Gasteiger partial charge on any atom is -0.00151 e. The molecule has 0 nitrogen and oxygen atoms in total. The molecular weight excluding hydrogens is 444 g/mol. The highest BCUT2D eigenvalue weighted by molar-refractivity contribution is 5.43. The quantitative estimate of drug-likeness (QED) is 0.374. The Morgan fingerprint density at radius 2 is 1.11 bits per heavy atom. The van der Waals surface area contributed by atoms with Crippen molar-refractivity contribution in [3.05, 3.63) is 70.8 Å². The van der Waals surface area contributed by atoms with Crippen molar-refractivity contribution in [1.29, 1.82) is 0 Å². The third-order valence-electron chi connectivity index (χ3n) is 7.02. The Morgan fingerprint density at radius 1 is 0.649 bits per heavy atom. The zero-order valence-corrected chi connectivity index (χ0v) is 28.7. The van der Waals surface area contributed by atoms with Gasteiger partial charge in [0, 0.05) is 0 Å². The fraction of sp³-hybridized carbons (Fsp3) is 0.676. The first-order chi connectivity index (χ1) is 18.1. The second-order valence-corrected chi connectivity index (χ2v) is 7.96. The van der Waals surface area contributed by atoms with Gasteiger partial charge in [0.15, 0.2) is 0 Å². The summed E-state index contributed by atoms with van der Waals surface area (Å²) in [6, 6.07) is 18.4. The monoisotopic (exact) mass is 515 g/mol. The Kier molecular flexibility index (Phi) is 31.6. The first-order valence-corrected chi connectivity index (χ1v) is 16.3. The van der Waals surface area contributed by atoms with Crippen molar-refractivity contribution in [1.82, 2.24) is 0 Å². The molecule has 4 rings (SSSR count). The highest BCUT2D eigenvalue weighted by Gasteiger charge is 2.50. The number of benzene rings is 2. The Balaban J connectivity index is -0.000000339. The van der Waals surface area contributed by atoms with Gasteiger partial charge in [-0.2, -0.15) is 0 Å². The second-order valence-electron chi connectivity index (χ2n) is 7.96. The molecule has 1 saturated carbocycles. The molecule has 0 N–H and O–H groups in total. The average molecular weight is 515 g/mol. The van der Waals surface area contributed by atoms with Crippen molar-refractivity contribution in [2.75, 3.05) is 0 Å². The van der Waals surface area contributed by atoms with Crippen LogP contribution in [0.15, 0.2) is 48.5 Å². The van der Waals surface area contributed by atoms with E-state index in [4.69, 9.17) is 0 Å². The summed E-state index contributed by atoms with van der Waals surface area (Å²) in [4.78, 5) is 0. The lowest BCUT2D eigenvalue weighted by Gasteiger charge is -2.46. The number of rotatable bonds is 2. The van der Waals surface area contributed by atoms with E-state index in [2.05, 4.69) is 69.3 Å². The maximum atomic E-state index is 2.54. The van der Waals surface area contributed by atoms with Gasteiger partial charge in [0.25, 0.3) is 0 Å². The lowest BCUT2D eigenvalue weighted by Crippen LogP contribution is -2.41. The number of hydrogen-bond acceptors (Lipinski definition) is 0. The molecule has 2 aliphatic carbocycles. The molecule has 0 aliphatic heterocycles. The van der Waals surface area contributed by atoms with Crippen LogP contribution in [0.25, 0.3) is 0 Å². The third-order valence-corrected chi connectivity index (χ3v) is 7.02. The Labute approximate surface area is 237 Å². The van der Waals surface area contributed by atoms with E-state index >= 15 is 0 Å². The molecule has 218 valence electrons. The molecule has 0 amide bonds. The summed E-state index contributed by atoms with van der Waals surface area (Å²) in [5.41, 5.74) is 6.81. The predicted molar refractivity (Wildman–Crippen MR) is 177 cm³/mol. The highest BCUT2D eigenvalue weighted by Crippen LogP contribution is 2.57. The van der Waals surface area contributed by atoms with Crippen molar-refractivity contribution in [2.45, 2.75) is 155 Å². The zero-order chi connectivity index (χ0) is 30.0. The zero-order valence-electron chi connectivity index (χ0n) is 28.7. The summed E-state index contributed by atoms with van der Waals surface area (Å²) in [5.74, 6) is 2.30. The van der Waals surface area contributed by atoms with Gasteiger partial charge in [0.1, 0.15) is 0 Å². The summed E-state index contributed by atoms with van der Waals surface area (Å²) in [6.45, 7) is 35.3. The molecule has 2 aliphatic rings. The normalized spacial score (nSPS) is 21.3. The van der Waals surface area contributed by atoms with Crippen molar-refractivity contribution in [2.24, 2.45) is 11.8 Å². The van der Waals surface area contributed by atoms with E-state index in [1.165, 1.54) is 19.3 Å². The molecule has 1 unspecified atom stereocenters. The third kappa shape index (κ3) is 11.4. The Bertz CT molecular complexity index is 713. The maximum absolute atomic E-state index is 2.54. The fourth-order valence-electron chi connectivity index (χ4n) is 5.54. The van der Waals surface area contributed by atoms with Crippen molar-refractivity contribution in [3.8, 4) is 0 Å². The van der Waals surface area contributed by atoms with E-state index in [1.54, 1.807) is 22.3 Å². The van der Waals surface area contributed by atoms with Gasteiger partial charge in [-0.25, -0.2) is 0 Å². The van der Waals surface area contributed by atoms with Crippen LogP contribution in [0.5, 0.6) is 0 Å². The van der Waals surface area contributed by atoms with Gasteiger partial charge in [-0.05, 0) is 71.1 Å². The van der Waals surface area contributed by atoms with Crippen LogP contribution in [0.4, 0.5) is 0 Å². The van der Waals surface area contributed by atoms with Gasteiger partial charge in [-0.1, -0.05) is 166 Å². The minimum Gasteiger partial charge on any atom is -0.0683 e. The summed E-state index contributed by atoms with van der Waals surface area (Å²) < 4.78 is 0. The first-order valence-electron chi connectivity index (χ1n) is 16.3. The standard InChI is InChI=1S/C23H28.7C2H6/c1-4-17-9-5-7-11-21(17)19-13-16(2)23(3)20(15-19)14-18-10-6-8-12-22(18)23;7*1-2/h5-12,16,19-20H,4,13-15H2,1-3H3;7*1-2H3/t16-,19?,20+,23-;;;;;;;/m0......./s1. The predicted octanol–water partition coefficient (Wildman–Crippen LogP) is 13.1. The Morgan fingerprint density at radius 3 is 1.62 bits per heavy atom. The van der Waals surface area contributed by atoms with Gasteiger partial charge in [0.2, 0.25) is 0 Å². The smallest absolute Gasteiger partial charge is 0.00151 e. The van der Waals surface area contributed by atoms with Gasteiger partial charge in [-0.15, -0.1) is 0 Å². The largest absolute Gasteiger partial charge is 0.0683 e. The van der Waals surface area contributed by atoms with Crippen molar-refractivity contribution < 1.29 is 0 Å². The summed E-state index contributed by atoms with van der Waals surface area (Å²) in [7, 11) is 0.